The molecule has 5 heteroatoms. The lowest BCUT2D eigenvalue weighted by Gasteiger charge is -2.25. The largest absolute Gasteiger partial charge is 0.495 e. The Balaban J connectivity index is 2.82. The summed E-state index contributed by atoms with van der Waals surface area (Å²) in [5.41, 5.74) is 0.844. The standard InChI is InChI=1S/C15H21ClN2O2/c1-15(2,6-5-7-17)10-18-12-8-11(16)13(19-3)9-14(12)20-4/h8-9,18H,5-6,10H2,1-4H3. The van der Waals surface area contributed by atoms with E-state index in [1.165, 1.54) is 0 Å². The van der Waals surface area contributed by atoms with Gasteiger partial charge in [0.15, 0.2) is 0 Å². The summed E-state index contributed by atoms with van der Waals surface area (Å²) < 4.78 is 10.5. The van der Waals surface area contributed by atoms with Gasteiger partial charge in [0.2, 0.25) is 0 Å². The number of benzene rings is 1. The van der Waals surface area contributed by atoms with Gasteiger partial charge in [-0.25, -0.2) is 0 Å². The molecule has 0 radical (unpaired) electrons. The van der Waals surface area contributed by atoms with Gasteiger partial charge < -0.3 is 14.8 Å². The van der Waals surface area contributed by atoms with E-state index in [2.05, 4.69) is 25.2 Å². The normalized spacial score (nSPS) is 10.8. The van der Waals surface area contributed by atoms with Crippen molar-refractivity contribution in [3.63, 3.8) is 0 Å². The molecule has 0 aromatic heterocycles. The first-order valence-electron chi connectivity index (χ1n) is 6.46. The molecule has 0 saturated carbocycles. The maximum absolute atomic E-state index is 8.67. The minimum atomic E-state index is 0.0210. The number of hydrogen-bond donors (Lipinski definition) is 1. The van der Waals surface area contributed by atoms with Crippen LogP contribution in [0.2, 0.25) is 5.02 Å². The van der Waals surface area contributed by atoms with Crippen molar-refractivity contribution in [2.45, 2.75) is 26.7 Å². The average Bonchev–Trinajstić information content (AvgIpc) is 2.43. The van der Waals surface area contributed by atoms with Crippen molar-refractivity contribution in [2.24, 2.45) is 5.41 Å². The molecule has 0 spiro atoms. The molecule has 1 N–H and O–H groups in total. The van der Waals surface area contributed by atoms with Crippen LogP contribution in [0.5, 0.6) is 11.5 Å². The summed E-state index contributed by atoms with van der Waals surface area (Å²) in [6.45, 7) is 4.97. The number of hydrogen-bond acceptors (Lipinski definition) is 4. The second kappa shape index (κ2) is 7.25. The van der Waals surface area contributed by atoms with Gasteiger partial charge in [-0.1, -0.05) is 25.4 Å². The molecule has 110 valence electrons. The molecule has 0 amide bonds. The number of rotatable bonds is 7. The van der Waals surface area contributed by atoms with Crippen LogP contribution in [0.4, 0.5) is 5.69 Å². The van der Waals surface area contributed by atoms with Crippen molar-refractivity contribution < 1.29 is 9.47 Å². The summed E-state index contributed by atoms with van der Waals surface area (Å²) in [6, 6.07) is 5.73. The van der Waals surface area contributed by atoms with E-state index in [1.807, 2.05) is 0 Å². The van der Waals surface area contributed by atoms with Crippen molar-refractivity contribution in [3.05, 3.63) is 17.2 Å². The molecule has 1 aromatic carbocycles. The predicted octanol–water partition coefficient (Wildman–Crippen LogP) is 4.10. The topological polar surface area (TPSA) is 54.3 Å². The molecule has 0 bridgehead atoms. The van der Waals surface area contributed by atoms with Crippen LogP contribution < -0.4 is 14.8 Å². The van der Waals surface area contributed by atoms with Crippen LogP contribution >= 0.6 is 11.6 Å². The van der Waals surface area contributed by atoms with Gasteiger partial charge in [-0.15, -0.1) is 0 Å². The van der Waals surface area contributed by atoms with E-state index in [9.17, 15) is 0 Å². The number of methoxy groups -OCH3 is 2. The van der Waals surface area contributed by atoms with E-state index >= 15 is 0 Å². The first-order chi connectivity index (χ1) is 9.43. The lowest BCUT2D eigenvalue weighted by Crippen LogP contribution is -2.23. The Hall–Kier alpha value is -1.60. The third kappa shape index (κ3) is 4.50. The Morgan fingerprint density at radius 1 is 1.25 bits per heavy atom. The molecule has 0 heterocycles. The maximum Gasteiger partial charge on any atom is 0.145 e. The van der Waals surface area contributed by atoms with E-state index in [1.54, 1.807) is 26.4 Å². The molecule has 1 rings (SSSR count). The first kappa shape index (κ1) is 16.5. The zero-order valence-electron chi connectivity index (χ0n) is 12.4. The number of nitrogens with zero attached hydrogens (tertiary/aromatic N) is 1. The Morgan fingerprint density at radius 2 is 1.90 bits per heavy atom. The van der Waals surface area contributed by atoms with Crippen LogP contribution in [-0.4, -0.2) is 20.8 Å². The fourth-order valence-corrected chi connectivity index (χ4v) is 2.06. The van der Waals surface area contributed by atoms with Crippen LogP contribution in [0.3, 0.4) is 0 Å². The molecule has 0 saturated heterocycles. The second-order valence-corrected chi connectivity index (χ2v) is 5.77. The molecular weight excluding hydrogens is 276 g/mol. The number of anilines is 1. The zero-order valence-corrected chi connectivity index (χ0v) is 13.2. The number of halogens is 1. The van der Waals surface area contributed by atoms with Crippen molar-refractivity contribution in [1.29, 1.82) is 5.26 Å². The molecule has 0 aliphatic heterocycles. The monoisotopic (exact) mass is 296 g/mol. The molecule has 0 aliphatic rings. The van der Waals surface area contributed by atoms with E-state index in [-0.39, 0.29) is 5.41 Å². The fraction of sp³-hybridized carbons (Fsp3) is 0.533. The fourth-order valence-electron chi connectivity index (χ4n) is 1.82. The Morgan fingerprint density at radius 3 is 2.45 bits per heavy atom. The summed E-state index contributed by atoms with van der Waals surface area (Å²) in [4.78, 5) is 0. The van der Waals surface area contributed by atoms with Crippen molar-refractivity contribution in [3.8, 4) is 17.6 Å². The van der Waals surface area contributed by atoms with Gasteiger partial charge in [0.1, 0.15) is 11.5 Å². The maximum atomic E-state index is 8.67. The van der Waals surface area contributed by atoms with Gasteiger partial charge >= 0.3 is 0 Å². The molecule has 0 unspecified atom stereocenters. The summed E-state index contributed by atoms with van der Waals surface area (Å²) in [6.07, 6.45) is 1.39. The smallest absolute Gasteiger partial charge is 0.145 e. The molecule has 0 fully saturated rings. The Labute approximate surface area is 125 Å². The Bertz CT molecular complexity index is 495. The molecular formula is C15H21ClN2O2. The van der Waals surface area contributed by atoms with Gasteiger partial charge in [-0.3, -0.25) is 0 Å². The first-order valence-corrected chi connectivity index (χ1v) is 6.83. The van der Waals surface area contributed by atoms with Crippen LogP contribution in [-0.2, 0) is 0 Å². The van der Waals surface area contributed by atoms with Crippen LogP contribution in [0, 0.1) is 16.7 Å². The van der Waals surface area contributed by atoms with E-state index < -0.39 is 0 Å². The zero-order chi connectivity index (χ0) is 15.2. The summed E-state index contributed by atoms with van der Waals surface area (Å²) in [5, 5.41) is 12.5. The Kier molecular flexibility index (Phi) is 5.97. The predicted molar refractivity (Wildman–Crippen MR) is 81.7 cm³/mol. The highest BCUT2D eigenvalue weighted by Gasteiger charge is 2.18. The van der Waals surface area contributed by atoms with Gasteiger partial charge in [-0.2, -0.15) is 5.26 Å². The van der Waals surface area contributed by atoms with E-state index in [0.29, 0.717) is 22.9 Å². The van der Waals surface area contributed by atoms with Crippen molar-refractivity contribution in [2.75, 3.05) is 26.1 Å². The minimum absolute atomic E-state index is 0.0210. The number of nitriles is 1. The summed E-state index contributed by atoms with van der Waals surface area (Å²) in [5.74, 6) is 1.26. The lowest BCUT2D eigenvalue weighted by atomic mass is 9.88. The van der Waals surface area contributed by atoms with Crippen LogP contribution in [0.1, 0.15) is 26.7 Å². The van der Waals surface area contributed by atoms with Gasteiger partial charge in [0.25, 0.3) is 0 Å². The highest BCUT2D eigenvalue weighted by Crippen LogP contribution is 2.36. The third-order valence-electron chi connectivity index (χ3n) is 3.14. The molecule has 0 aliphatic carbocycles. The second-order valence-electron chi connectivity index (χ2n) is 5.36. The van der Waals surface area contributed by atoms with Crippen molar-refractivity contribution in [1.82, 2.24) is 0 Å². The summed E-state index contributed by atoms with van der Waals surface area (Å²) in [7, 11) is 3.17. The van der Waals surface area contributed by atoms with E-state index in [0.717, 1.165) is 18.7 Å². The molecule has 4 nitrogen and oxygen atoms in total. The molecule has 20 heavy (non-hydrogen) atoms. The van der Waals surface area contributed by atoms with Crippen LogP contribution in [0.15, 0.2) is 12.1 Å². The molecule has 0 atom stereocenters. The minimum Gasteiger partial charge on any atom is -0.495 e. The van der Waals surface area contributed by atoms with Gasteiger partial charge in [0.05, 0.1) is 31.0 Å². The SMILES string of the molecule is COc1cc(OC)c(NCC(C)(C)CCC#N)cc1Cl. The highest BCUT2D eigenvalue weighted by molar-refractivity contribution is 6.32. The number of nitrogens with one attached hydrogen (secondary N) is 1. The molecule has 1 aromatic rings. The van der Waals surface area contributed by atoms with E-state index in [4.69, 9.17) is 26.3 Å². The summed E-state index contributed by atoms with van der Waals surface area (Å²) >= 11 is 6.13. The van der Waals surface area contributed by atoms with Crippen molar-refractivity contribution >= 4 is 17.3 Å². The third-order valence-corrected chi connectivity index (χ3v) is 3.44. The quantitative estimate of drug-likeness (QED) is 0.823. The number of ether oxygens (including phenoxy) is 2. The average molecular weight is 297 g/mol. The van der Waals surface area contributed by atoms with Crippen LogP contribution in [0.25, 0.3) is 0 Å². The lowest BCUT2D eigenvalue weighted by molar-refractivity contribution is 0.361. The highest BCUT2D eigenvalue weighted by atomic mass is 35.5. The van der Waals surface area contributed by atoms with Gasteiger partial charge in [0, 0.05) is 19.0 Å². The van der Waals surface area contributed by atoms with Gasteiger partial charge in [-0.05, 0) is 17.9 Å².